The predicted octanol–water partition coefficient (Wildman–Crippen LogP) is 2.06. The molecule has 0 saturated heterocycles. The zero-order valence-electron chi connectivity index (χ0n) is 9.87. The van der Waals surface area contributed by atoms with Crippen LogP contribution in [0.4, 0.5) is 0 Å². The van der Waals surface area contributed by atoms with Gasteiger partial charge in [-0.15, -0.1) is 11.3 Å². The van der Waals surface area contributed by atoms with Crippen LogP contribution in [0.3, 0.4) is 0 Å². The van der Waals surface area contributed by atoms with Gasteiger partial charge in [0, 0.05) is 25.5 Å². The van der Waals surface area contributed by atoms with E-state index in [0.717, 1.165) is 19.6 Å². The average Bonchev–Trinajstić information content (AvgIpc) is 2.73. The van der Waals surface area contributed by atoms with Crippen molar-refractivity contribution in [1.82, 2.24) is 0 Å². The van der Waals surface area contributed by atoms with Gasteiger partial charge in [0.25, 0.3) is 0 Å². The van der Waals surface area contributed by atoms with E-state index in [0.29, 0.717) is 0 Å². The molecule has 2 N–H and O–H groups in total. The van der Waals surface area contributed by atoms with Gasteiger partial charge in [-0.1, -0.05) is 12.1 Å². The third-order valence-electron chi connectivity index (χ3n) is 3.04. The first kappa shape index (κ1) is 13.0. The largest absolute Gasteiger partial charge is 0.391 e. The molecule has 1 aromatic heterocycles. The van der Waals surface area contributed by atoms with Crippen LogP contribution in [0.25, 0.3) is 10.1 Å². The van der Waals surface area contributed by atoms with Crippen LogP contribution >= 0.6 is 27.3 Å². The quantitative estimate of drug-likeness (QED) is 0.867. The minimum absolute atomic E-state index is 0.259. The van der Waals surface area contributed by atoms with Crippen LogP contribution in [0.5, 0.6) is 0 Å². The summed E-state index contributed by atoms with van der Waals surface area (Å²) >= 11 is 5.38. The number of fused-ring (bicyclic) bond motifs is 1. The molecule has 0 bridgehead atoms. The lowest BCUT2D eigenvalue weighted by Crippen LogP contribution is -3.10. The Morgan fingerprint density at radius 1 is 1.41 bits per heavy atom. The lowest BCUT2D eigenvalue weighted by atomic mass is 10.1. The standard InChI is InChI=1S/C13H16BrNOS/c1-2-15(6-7-16)8-10-9-17-13-11(10)4-3-5-12(13)14/h3-5,9,16H,2,6-8H2,1H3/p+1. The van der Waals surface area contributed by atoms with Gasteiger partial charge in [-0.2, -0.15) is 0 Å². The molecule has 0 fully saturated rings. The van der Waals surface area contributed by atoms with E-state index in [1.165, 1.54) is 25.0 Å². The number of nitrogens with one attached hydrogen (secondary N) is 1. The molecule has 0 amide bonds. The van der Waals surface area contributed by atoms with Gasteiger partial charge in [0.15, 0.2) is 0 Å². The Bertz CT molecular complexity index is 497. The van der Waals surface area contributed by atoms with E-state index in [-0.39, 0.29) is 6.61 Å². The molecule has 1 heterocycles. The molecule has 2 rings (SSSR count). The van der Waals surface area contributed by atoms with Crippen LogP contribution in [0.15, 0.2) is 28.1 Å². The van der Waals surface area contributed by atoms with Crippen molar-refractivity contribution in [3.8, 4) is 0 Å². The zero-order valence-corrected chi connectivity index (χ0v) is 12.3. The van der Waals surface area contributed by atoms with Gasteiger partial charge < -0.3 is 10.0 Å². The van der Waals surface area contributed by atoms with E-state index in [2.05, 4.69) is 46.4 Å². The van der Waals surface area contributed by atoms with E-state index in [1.54, 1.807) is 11.3 Å². The van der Waals surface area contributed by atoms with E-state index in [1.807, 2.05) is 0 Å². The first-order valence-electron chi connectivity index (χ1n) is 5.85. The van der Waals surface area contributed by atoms with Crippen LogP contribution in [0.1, 0.15) is 12.5 Å². The van der Waals surface area contributed by atoms with Crippen LogP contribution in [-0.4, -0.2) is 24.8 Å². The number of halogens is 1. The van der Waals surface area contributed by atoms with Gasteiger partial charge in [-0.25, -0.2) is 0 Å². The van der Waals surface area contributed by atoms with Gasteiger partial charge >= 0.3 is 0 Å². The Morgan fingerprint density at radius 3 is 2.94 bits per heavy atom. The van der Waals surface area contributed by atoms with Crippen molar-refractivity contribution in [2.45, 2.75) is 13.5 Å². The summed E-state index contributed by atoms with van der Waals surface area (Å²) in [5.41, 5.74) is 1.39. The van der Waals surface area contributed by atoms with E-state index < -0.39 is 0 Å². The number of quaternary nitrogens is 1. The smallest absolute Gasteiger partial charge is 0.104 e. The normalized spacial score (nSPS) is 13.1. The number of thiophene rings is 1. The monoisotopic (exact) mass is 314 g/mol. The SMILES string of the molecule is CC[NH+](CCO)Cc1csc2c(Br)cccc12. The number of aliphatic hydroxyl groups is 1. The molecule has 0 saturated carbocycles. The highest BCUT2D eigenvalue weighted by Gasteiger charge is 2.12. The number of benzene rings is 1. The molecular weight excluding hydrogens is 298 g/mol. The second-order valence-corrected chi connectivity index (χ2v) is 5.87. The van der Waals surface area contributed by atoms with E-state index >= 15 is 0 Å². The lowest BCUT2D eigenvalue weighted by molar-refractivity contribution is -0.912. The first-order valence-corrected chi connectivity index (χ1v) is 7.52. The molecule has 17 heavy (non-hydrogen) atoms. The molecule has 0 aliphatic heterocycles. The summed E-state index contributed by atoms with van der Waals surface area (Å²) in [5, 5.41) is 12.6. The molecule has 1 aromatic carbocycles. The van der Waals surface area contributed by atoms with Crippen LogP contribution in [0.2, 0.25) is 0 Å². The second-order valence-electron chi connectivity index (χ2n) is 4.13. The Hall–Kier alpha value is -0.420. The topological polar surface area (TPSA) is 24.7 Å². The minimum atomic E-state index is 0.259. The molecule has 0 aliphatic carbocycles. The fraction of sp³-hybridized carbons (Fsp3) is 0.385. The van der Waals surface area contributed by atoms with Crippen molar-refractivity contribution < 1.29 is 10.0 Å². The molecule has 2 aromatic rings. The summed E-state index contributed by atoms with van der Waals surface area (Å²) in [7, 11) is 0. The summed E-state index contributed by atoms with van der Waals surface area (Å²) in [5.74, 6) is 0. The molecule has 92 valence electrons. The van der Waals surface area contributed by atoms with Crippen molar-refractivity contribution in [2.24, 2.45) is 0 Å². The van der Waals surface area contributed by atoms with Gasteiger partial charge in [0.1, 0.15) is 13.1 Å². The molecule has 1 unspecified atom stereocenters. The van der Waals surface area contributed by atoms with E-state index in [4.69, 9.17) is 5.11 Å². The Balaban J connectivity index is 2.27. The van der Waals surface area contributed by atoms with Gasteiger partial charge in [0.05, 0.1) is 13.2 Å². The third kappa shape index (κ3) is 2.88. The van der Waals surface area contributed by atoms with E-state index in [9.17, 15) is 0 Å². The predicted molar refractivity (Wildman–Crippen MR) is 76.7 cm³/mol. The van der Waals surface area contributed by atoms with Crippen molar-refractivity contribution >= 4 is 37.4 Å². The summed E-state index contributed by atoms with van der Waals surface area (Å²) in [6.07, 6.45) is 0. The summed E-state index contributed by atoms with van der Waals surface area (Å²) in [6, 6.07) is 6.35. The third-order valence-corrected chi connectivity index (χ3v) is 5.04. The second kappa shape index (κ2) is 5.96. The molecule has 4 heteroatoms. The number of hydrogen-bond acceptors (Lipinski definition) is 2. The molecule has 0 aliphatic rings. The molecule has 0 radical (unpaired) electrons. The number of aliphatic hydroxyl groups excluding tert-OH is 1. The molecule has 2 nitrogen and oxygen atoms in total. The first-order chi connectivity index (χ1) is 8.26. The Morgan fingerprint density at radius 2 is 2.24 bits per heavy atom. The summed E-state index contributed by atoms with van der Waals surface area (Å²) in [6.45, 7) is 5.28. The maximum Gasteiger partial charge on any atom is 0.104 e. The highest BCUT2D eigenvalue weighted by atomic mass is 79.9. The van der Waals surface area contributed by atoms with Crippen LogP contribution < -0.4 is 4.90 Å². The van der Waals surface area contributed by atoms with Crippen molar-refractivity contribution in [1.29, 1.82) is 0 Å². The number of rotatable bonds is 5. The Kier molecular flexibility index (Phi) is 4.56. The fourth-order valence-corrected chi connectivity index (χ4v) is 3.65. The highest BCUT2D eigenvalue weighted by Crippen LogP contribution is 2.31. The summed E-state index contributed by atoms with van der Waals surface area (Å²) in [4.78, 5) is 1.42. The van der Waals surface area contributed by atoms with Crippen LogP contribution in [0, 0.1) is 0 Å². The van der Waals surface area contributed by atoms with Gasteiger partial charge in [-0.3, -0.25) is 0 Å². The molecule has 0 spiro atoms. The van der Waals surface area contributed by atoms with Crippen molar-refractivity contribution in [3.63, 3.8) is 0 Å². The number of hydrogen-bond donors (Lipinski definition) is 2. The fourth-order valence-electron chi connectivity index (χ4n) is 2.03. The Labute approximate surface area is 114 Å². The average molecular weight is 315 g/mol. The van der Waals surface area contributed by atoms with Gasteiger partial charge in [-0.05, 0) is 28.9 Å². The molecule has 1 atom stereocenters. The minimum Gasteiger partial charge on any atom is -0.391 e. The maximum absolute atomic E-state index is 9.03. The highest BCUT2D eigenvalue weighted by molar-refractivity contribution is 9.10. The molecular formula is C13H17BrNOS+. The lowest BCUT2D eigenvalue weighted by Gasteiger charge is -2.15. The zero-order chi connectivity index (χ0) is 12.3. The number of likely N-dealkylation sites (N-methyl/N-ethyl adjacent to an activating group) is 1. The summed E-state index contributed by atoms with van der Waals surface area (Å²) < 4.78 is 2.49. The maximum atomic E-state index is 9.03. The van der Waals surface area contributed by atoms with Crippen molar-refractivity contribution in [2.75, 3.05) is 19.7 Å². The van der Waals surface area contributed by atoms with Crippen molar-refractivity contribution in [3.05, 3.63) is 33.6 Å². The van der Waals surface area contributed by atoms with Gasteiger partial charge in [0.2, 0.25) is 0 Å². The van der Waals surface area contributed by atoms with Crippen LogP contribution in [-0.2, 0) is 6.54 Å².